The van der Waals surface area contributed by atoms with E-state index in [0.29, 0.717) is 22.3 Å². The van der Waals surface area contributed by atoms with Crippen LogP contribution in [-0.4, -0.2) is 16.5 Å². The van der Waals surface area contributed by atoms with Crippen LogP contribution in [0.5, 0.6) is 16.7 Å². The number of nitrogens with zero attached hydrogens (tertiary/aromatic N) is 3. The molecule has 0 aliphatic carbocycles. The minimum absolute atomic E-state index is 0.118. The van der Waals surface area contributed by atoms with Crippen molar-refractivity contribution >= 4 is 11.5 Å². The molecule has 0 aliphatic heterocycles. The van der Waals surface area contributed by atoms with Gasteiger partial charge in [0.25, 0.3) is 5.19 Å². The number of hydrogen-bond acceptors (Lipinski definition) is 6. The van der Waals surface area contributed by atoms with Gasteiger partial charge in [-0.2, -0.15) is 14.6 Å². The van der Waals surface area contributed by atoms with Gasteiger partial charge in [-0.15, -0.1) is 0 Å². The zero-order valence-corrected chi connectivity index (χ0v) is 12.6. The Morgan fingerprint density at radius 3 is 2.55 bits per heavy atom. The number of nitriles is 1. The zero-order chi connectivity index (χ0) is 14.8. The molecular weight excluding hydrogens is 274 g/mol. The second-order valence-corrected chi connectivity index (χ2v) is 5.93. The van der Waals surface area contributed by atoms with E-state index in [0.717, 1.165) is 5.82 Å². The molecule has 5 nitrogen and oxygen atoms in total. The number of rotatable bonds is 3. The lowest BCUT2D eigenvalue weighted by Crippen LogP contribution is -2.12. The van der Waals surface area contributed by atoms with Crippen LogP contribution in [0.1, 0.15) is 32.2 Å². The molecular formula is C14H15N3O2S. The third-order valence-corrected chi connectivity index (χ3v) is 3.16. The lowest BCUT2D eigenvalue weighted by molar-refractivity contribution is 0.377. The fourth-order valence-corrected chi connectivity index (χ4v) is 2.20. The van der Waals surface area contributed by atoms with E-state index in [1.165, 1.54) is 18.6 Å². The summed E-state index contributed by atoms with van der Waals surface area (Å²) < 4.78 is 15.2. The van der Waals surface area contributed by atoms with E-state index in [4.69, 9.17) is 14.7 Å². The number of aromatic nitrogens is 2. The lowest BCUT2D eigenvalue weighted by atomic mass is 9.96. The zero-order valence-electron chi connectivity index (χ0n) is 11.8. The number of benzene rings is 1. The maximum Gasteiger partial charge on any atom is 0.298 e. The number of methoxy groups -OCH3 is 1. The van der Waals surface area contributed by atoms with Crippen molar-refractivity contribution in [3.05, 3.63) is 29.6 Å². The molecule has 104 valence electrons. The molecule has 2 rings (SSSR count). The Bertz CT molecular complexity index is 653. The predicted octanol–water partition coefficient (Wildman–Crippen LogP) is 3.51. The van der Waals surface area contributed by atoms with Gasteiger partial charge < -0.3 is 9.47 Å². The van der Waals surface area contributed by atoms with Gasteiger partial charge in [0.2, 0.25) is 0 Å². The molecule has 0 radical (unpaired) electrons. The topological polar surface area (TPSA) is 68.0 Å². The molecule has 2 aromatic rings. The monoisotopic (exact) mass is 289 g/mol. The van der Waals surface area contributed by atoms with Crippen molar-refractivity contribution in [2.24, 2.45) is 0 Å². The fourth-order valence-electron chi connectivity index (χ4n) is 1.47. The summed E-state index contributed by atoms with van der Waals surface area (Å²) in [5.74, 6) is 1.75. The van der Waals surface area contributed by atoms with E-state index in [1.807, 2.05) is 20.8 Å². The molecule has 0 N–H and O–H groups in total. The highest BCUT2D eigenvalue weighted by atomic mass is 32.1. The van der Waals surface area contributed by atoms with Crippen LogP contribution in [0.3, 0.4) is 0 Å². The van der Waals surface area contributed by atoms with E-state index < -0.39 is 0 Å². The molecule has 0 unspecified atom stereocenters. The van der Waals surface area contributed by atoms with E-state index in [1.54, 1.807) is 18.2 Å². The lowest BCUT2D eigenvalue weighted by Gasteiger charge is -2.12. The quantitative estimate of drug-likeness (QED) is 0.865. The summed E-state index contributed by atoms with van der Waals surface area (Å²) in [4.78, 5) is 4.36. The van der Waals surface area contributed by atoms with Gasteiger partial charge in [0, 0.05) is 23.0 Å². The van der Waals surface area contributed by atoms with Crippen LogP contribution in [0.2, 0.25) is 0 Å². The smallest absolute Gasteiger partial charge is 0.298 e. The van der Waals surface area contributed by atoms with E-state index >= 15 is 0 Å². The maximum absolute atomic E-state index is 8.86. The summed E-state index contributed by atoms with van der Waals surface area (Å²) in [5, 5.41) is 9.32. The molecule has 0 saturated carbocycles. The molecule has 0 aliphatic rings. The summed E-state index contributed by atoms with van der Waals surface area (Å²) in [6.45, 7) is 6.13. The summed E-state index contributed by atoms with van der Waals surface area (Å²) in [6, 6.07) is 7.04. The Morgan fingerprint density at radius 1 is 1.25 bits per heavy atom. The van der Waals surface area contributed by atoms with Crippen molar-refractivity contribution in [3.63, 3.8) is 0 Å². The molecule has 1 aromatic carbocycles. The van der Waals surface area contributed by atoms with Crippen molar-refractivity contribution < 1.29 is 9.47 Å². The van der Waals surface area contributed by atoms with Gasteiger partial charge in [0.05, 0.1) is 18.7 Å². The first kappa shape index (κ1) is 14.3. The van der Waals surface area contributed by atoms with Crippen LogP contribution in [0.4, 0.5) is 0 Å². The van der Waals surface area contributed by atoms with E-state index in [2.05, 4.69) is 15.4 Å². The normalized spacial score (nSPS) is 10.9. The van der Waals surface area contributed by atoms with Crippen molar-refractivity contribution in [1.82, 2.24) is 9.36 Å². The van der Waals surface area contributed by atoms with Crippen LogP contribution in [0.15, 0.2) is 18.2 Å². The highest BCUT2D eigenvalue weighted by Gasteiger charge is 2.20. The van der Waals surface area contributed by atoms with Crippen molar-refractivity contribution in [1.29, 1.82) is 5.26 Å². The summed E-state index contributed by atoms with van der Waals surface area (Å²) in [7, 11) is 1.53. The molecule has 6 heteroatoms. The van der Waals surface area contributed by atoms with Crippen LogP contribution in [0, 0.1) is 11.3 Å². The second-order valence-electron chi connectivity index (χ2n) is 5.21. The molecule has 1 heterocycles. The second kappa shape index (κ2) is 5.47. The first-order valence-corrected chi connectivity index (χ1v) is 6.81. The SMILES string of the molecule is COc1cc(C#N)ccc1Oc1nc(C(C)(C)C)ns1. The Labute approximate surface area is 122 Å². The molecule has 0 saturated heterocycles. The van der Waals surface area contributed by atoms with Crippen LogP contribution in [-0.2, 0) is 5.41 Å². The van der Waals surface area contributed by atoms with Gasteiger partial charge >= 0.3 is 0 Å². The Morgan fingerprint density at radius 2 is 2.00 bits per heavy atom. The highest BCUT2D eigenvalue weighted by Crippen LogP contribution is 2.34. The van der Waals surface area contributed by atoms with Crippen molar-refractivity contribution in [2.75, 3.05) is 7.11 Å². The van der Waals surface area contributed by atoms with Gasteiger partial charge in [-0.25, -0.2) is 0 Å². The predicted molar refractivity (Wildman–Crippen MR) is 76.4 cm³/mol. The Kier molecular flexibility index (Phi) is 3.91. The first-order chi connectivity index (χ1) is 9.44. The van der Waals surface area contributed by atoms with Gasteiger partial charge in [0.15, 0.2) is 17.3 Å². The largest absolute Gasteiger partial charge is 0.493 e. The van der Waals surface area contributed by atoms with Crippen molar-refractivity contribution in [3.8, 4) is 22.8 Å². The highest BCUT2D eigenvalue weighted by molar-refractivity contribution is 7.07. The molecule has 0 amide bonds. The van der Waals surface area contributed by atoms with Crippen LogP contribution in [0.25, 0.3) is 0 Å². The summed E-state index contributed by atoms with van der Waals surface area (Å²) >= 11 is 1.20. The van der Waals surface area contributed by atoms with Gasteiger partial charge in [-0.05, 0) is 12.1 Å². The van der Waals surface area contributed by atoms with Gasteiger partial charge in [0.1, 0.15) is 0 Å². The molecule has 0 spiro atoms. The average Bonchev–Trinajstić information content (AvgIpc) is 2.87. The molecule has 20 heavy (non-hydrogen) atoms. The van der Waals surface area contributed by atoms with Crippen molar-refractivity contribution in [2.45, 2.75) is 26.2 Å². The first-order valence-electron chi connectivity index (χ1n) is 6.04. The van der Waals surface area contributed by atoms with Gasteiger partial charge in [-0.3, -0.25) is 0 Å². The standard InChI is InChI=1S/C14H15N3O2S/c1-14(2,3)12-16-13(20-17-12)19-10-6-5-9(8-15)7-11(10)18-4/h5-7H,1-4H3. The molecule has 0 bridgehead atoms. The van der Waals surface area contributed by atoms with Gasteiger partial charge in [-0.1, -0.05) is 20.8 Å². The van der Waals surface area contributed by atoms with E-state index in [-0.39, 0.29) is 5.41 Å². The Hall–Kier alpha value is -2.13. The minimum atomic E-state index is -0.118. The third-order valence-electron chi connectivity index (χ3n) is 2.57. The van der Waals surface area contributed by atoms with Crippen LogP contribution >= 0.6 is 11.5 Å². The number of ether oxygens (including phenoxy) is 2. The number of hydrogen-bond donors (Lipinski definition) is 0. The molecule has 1 aromatic heterocycles. The average molecular weight is 289 g/mol. The summed E-state index contributed by atoms with van der Waals surface area (Å²) in [6.07, 6.45) is 0. The third kappa shape index (κ3) is 3.06. The molecule has 0 atom stereocenters. The maximum atomic E-state index is 8.86. The minimum Gasteiger partial charge on any atom is -0.493 e. The Balaban J connectivity index is 2.26. The molecule has 0 fully saturated rings. The van der Waals surface area contributed by atoms with Crippen LogP contribution < -0.4 is 9.47 Å². The summed E-state index contributed by atoms with van der Waals surface area (Å²) in [5.41, 5.74) is 0.397. The fraction of sp³-hybridized carbons (Fsp3) is 0.357. The van der Waals surface area contributed by atoms with E-state index in [9.17, 15) is 0 Å².